The van der Waals surface area contributed by atoms with Crippen LogP contribution in [0.1, 0.15) is 23.1 Å². The van der Waals surface area contributed by atoms with Gasteiger partial charge in [0, 0.05) is 36.0 Å². The fraction of sp³-hybridized carbons (Fsp3) is 0.278. The molecule has 1 aromatic carbocycles. The Kier molecular flexibility index (Phi) is 4.49. The van der Waals surface area contributed by atoms with Gasteiger partial charge in [-0.3, -0.25) is 9.59 Å². The molecule has 0 aliphatic rings. The van der Waals surface area contributed by atoms with Crippen molar-refractivity contribution in [2.45, 2.75) is 33.7 Å². The highest BCUT2D eigenvalue weighted by molar-refractivity contribution is 7.13. The summed E-state index contributed by atoms with van der Waals surface area (Å²) in [6.45, 7) is 6.34. The number of carbonyl (C=O) groups excluding carboxylic acids is 1. The molecule has 0 saturated carbocycles. The molecule has 0 radical (unpaired) electrons. The van der Waals surface area contributed by atoms with Crippen LogP contribution in [0.3, 0.4) is 0 Å². The van der Waals surface area contributed by atoms with Gasteiger partial charge in [0.1, 0.15) is 0 Å². The number of carbonyl (C=O) groups is 1. The smallest absolute Gasteiger partial charge is 0.251 e. The average molecular weight is 341 g/mol. The first-order chi connectivity index (χ1) is 11.5. The van der Waals surface area contributed by atoms with Crippen LogP contribution < -0.4 is 10.9 Å². The summed E-state index contributed by atoms with van der Waals surface area (Å²) < 4.78 is 1.69. The summed E-state index contributed by atoms with van der Waals surface area (Å²) in [6, 6.07) is 5.79. The molecule has 3 rings (SSSR count). The van der Waals surface area contributed by atoms with Crippen LogP contribution in [-0.2, 0) is 11.3 Å². The zero-order valence-electron chi connectivity index (χ0n) is 13.9. The number of anilines is 1. The van der Waals surface area contributed by atoms with E-state index in [0.717, 1.165) is 27.6 Å². The third-order valence-electron chi connectivity index (χ3n) is 3.99. The van der Waals surface area contributed by atoms with E-state index < -0.39 is 0 Å². The minimum absolute atomic E-state index is 0.0750. The summed E-state index contributed by atoms with van der Waals surface area (Å²) in [6.07, 6.45) is 1.87. The van der Waals surface area contributed by atoms with Crippen LogP contribution in [0.25, 0.3) is 10.9 Å². The summed E-state index contributed by atoms with van der Waals surface area (Å²) in [5.74, 6) is -0.143. The lowest BCUT2D eigenvalue weighted by atomic mass is 10.0. The predicted molar refractivity (Wildman–Crippen MR) is 97.8 cm³/mol. The number of amides is 1. The van der Waals surface area contributed by atoms with Crippen LogP contribution in [0.2, 0.25) is 0 Å². The molecular formula is C18H19N3O2S. The van der Waals surface area contributed by atoms with E-state index in [-0.39, 0.29) is 17.9 Å². The number of fused-ring (bicyclic) bond motifs is 1. The van der Waals surface area contributed by atoms with Gasteiger partial charge in [0.2, 0.25) is 5.91 Å². The number of rotatable bonds is 4. The molecule has 0 bridgehead atoms. The Balaban J connectivity index is 1.92. The Morgan fingerprint density at radius 3 is 2.71 bits per heavy atom. The lowest BCUT2D eigenvalue weighted by molar-refractivity contribution is -0.116. The van der Waals surface area contributed by atoms with E-state index >= 15 is 0 Å². The maximum absolute atomic E-state index is 12.4. The highest BCUT2D eigenvalue weighted by Crippen LogP contribution is 2.22. The first-order valence-corrected chi connectivity index (χ1v) is 8.64. The third-order valence-corrected chi connectivity index (χ3v) is 4.68. The topological polar surface area (TPSA) is 64.0 Å². The van der Waals surface area contributed by atoms with Crippen LogP contribution in [0.4, 0.5) is 5.13 Å². The number of pyridine rings is 1. The van der Waals surface area contributed by atoms with E-state index in [1.54, 1.807) is 22.2 Å². The molecule has 0 atom stereocenters. The van der Waals surface area contributed by atoms with Gasteiger partial charge < -0.3 is 9.88 Å². The van der Waals surface area contributed by atoms with Gasteiger partial charge in [-0.1, -0.05) is 11.6 Å². The second-order valence-corrected chi connectivity index (χ2v) is 6.83. The van der Waals surface area contributed by atoms with E-state index in [2.05, 4.69) is 22.4 Å². The molecule has 6 heteroatoms. The summed E-state index contributed by atoms with van der Waals surface area (Å²) in [4.78, 5) is 28.6. The number of hydrogen-bond acceptors (Lipinski definition) is 4. The second-order valence-electron chi connectivity index (χ2n) is 5.93. The van der Waals surface area contributed by atoms with Crippen LogP contribution in [0, 0.1) is 20.8 Å². The van der Waals surface area contributed by atoms with Crippen LogP contribution >= 0.6 is 11.3 Å². The van der Waals surface area contributed by atoms with Crippen molar-refractivity contribution in [3.05, 3.63) is 56.8 Å². The second kappa shape index (κ2) is 6.57. The van der Waals surface area contributed by atoms with Crippen molar-refractivity contribution in [1.29, 1.82) is 0 Å². The van der Waals surface area contributed by atoms with Gasteiger partial charge in [0.25, 0.3) is 5.56 Å². The molecule has 2 aromatic heterocycles. The van der Waals surface area contributed by atoms with Gasteiger partial charge in [-0.25, -0.2) is 4.98 Å². The number of aryl methyl sites for hydroxylation is 4. The number of benzene rings is 1. The highest BCUT2D eigenvalue weighted by Gasteiger charge is 2.12. The fourth-order valence-electron chi connectivity index (χ4n) is 2.97. The Morgan fingerprint density at radius 1 is 1.21 bits per heavy atom. The van der Waals surface area contributed by atoms with E-state index in [1.807, 2.05) is 20.8 Å². The van der Waals surface area contributed by atoms with Crippen molar-refractivity contribution >= 4 is 33.3 Å². The van der Waals surface area contributed by atoms with Gasteiger partial charge in [0.15, 0.2) is 5.13 Å². The first kappa shape index (κ1) is 16.4. The fourth-order valence-corrected chi connectivity index (χ4v) is 3.52. The molecule has 2 heterocycles. The number of hydrogen-bond donors (Lipinski definition) is 1. The molecule has 0 saturated heterocycles. The SMILES string of the molecule is Cc1cc(C)c2c(c1)c(C)cc(=O)n2CCC(=O)Nc1nccs1. The van der Waals surface area contributed by atoms with Gasteiger partial charge >= 0.3 is 0 Å². The predicted octanol–water partition coefficient (Wildman–Crippen LogP) is 3.41. The number of nitrogens with one attached hydrogen (secondary N) is 1. The van der Waals surface area contributed by atoms with Crippen molar-refractivity contribution in [2.75, 3.05) is 5.32 Å². The monoisotopic (exact) mass is 341 g/mol. The molecule has 5 nitrogen and oxygen atoms in total. The minimum Gasteiger partial charge on any atom is -0.307 e. The quantitative estimate of drug-likeness (QED) is 0.791. The minimum atomic E-state index is -0.143. The van der Waals surface area contributed by atoms with Crippen molar-refractivity contribution in [1.82, 2.24) is 9.55 Å². The summed E-state index contributed by atoms with van der Waals surface area (Å²) in [5, 5.41) is 6.19. The van der Waals surface area contributed by atoms with Gasteiger partial charge in [-0.2, -0.15) is 0 Å². The zero-order valence-corrected chi connectivity index (χ0v) is 14.7. The van der Waals surface area contributed by atoms with Gasteiger partial charge in [0.05, 0.1) is 5.52 Å². The van der Waals surface area contributed by atoms with Gasteiger partial charge in [-0.05, 0) is 38.0 Å². The maximum Gasteiger partial charge on any atom is 0.251 e. The lowest BCUT2D eigenvalue weighted by Gasteiger charge is -2.15. The first-order valence-electron chi connectivity index (χ1n) is 7.76. The Labute approximate surface area is 144 Å². The van der Waals surface area contributed by atoms with Crippen molar-refractivity contribution in [3.63, 3.8) is 0 Å². The molecule has 3 aromatic rings. The molecule has 0 unspecified atom stereocenters. The van der Waals surface area contributed by atoms with Crippen LogP contribution in [0.5, 0.6) is 0 Å². The number of aromatic nitrogens is 2. The zero-order chi connectivity index (χ0) is 17.3. The summed E-state index contributed by atoms with van der Waals surface area (Å²) in [7, 11) is 0. The van der Waals surface area contributed by atoms with Crippen LogP contribution in [0.15, 0.2) is 34.6 Å². The Hall–Kier alpha value is -2.47. The highest BCUT2D eigenvalue weighted by atomic mass is 32.1. The van der Waals surface area contributed by atoms with Crippen LogP contribution in [-0.4, -0.2) is 15.5 Å². The van der Waals surface area contributed by atoms with E-state index in [1.165, 1.54) is 11.3 Å². The van der Waals surface area contributed by atoms with Crippen molar-refractivity contribution in [3.8, 4) is 0 Å². The normalized spacial score (nSPS) is 11.0. The summed E-state index contributed by atoms with van der Waals surface area (Å²) in [5.41, 5.74) is 4.01. The average Bonchev–Trinajstić information content (AvgIpc) is 3.00. The molecule has 0 fully saturated rings. The van der Waals surface area contributed by atoms with Crippen molar-refractivity contribution < 1.29 is 4.79 Å². The van der Waals surface area contributed by atoms with Gasteiger partial charge in [-0.15, -0.1) is 11.3 Å². The van der Waals surface area contributed by atoms with E-state index in [0.29, 0.717) is 11.7 Å². The summed E-state index contributed by atoms with van der Waals surface area (Å²) >= 11 is 1.37. The molecule has 124 valence electrons. The van der Waals surface area contributed by atoms with Crippen molar-refractivity contribution in [2.24, 2.45) is 0 Å². The molecule has 0 aliphatic heterocycles. The Bertz CT molecular complexity index is 959. The van der Waals surface area contributed by atoms with E-state index in [4.69, 9.17) is 0 Å². The number of thiazole rings is 1. The number of nitrogens with zero attached hydrogens (tertiary/aromatic N) is 2. The Morgan fingerprint density at radius 2 is 2.00 bits per heavy atom. The van der Waals surface area contributed by atoms with E-state index in [9.17, 15) is 9.59 Å². The largest absolute Gasteiger partial charge is 0.307 e. The lowest BCUT2D eigenvalue weighted by Crippen LogP contribution is -2.24. The molecule has 1 N–H and O–H groups in total. The maximum atomic E-state index is 12.4. The standard InChI is InChI=1S/C18H19N3O2S/c1-11-8-13(3)17-14(9-11)12(2)10-16(23)21(17)6-4-15(22)20-18-19-5-7-24-18/h5,7-10H,4,6H2,1-3H3,(H,19,20,22). The molecule has 0 spiro atoms. The molecule has 0 aliphatic carbocycles. The molecular weight excluding hydrogens is 322 g/mol. The molecule has 1 amide bonds. The molecule has 24 heavy (non-hydrogen) atoms. The third kappa shape index (κ3) is 3.23.